The van der Waals surface area contributed by atoms with Gasteiger partial charge in [-0.05, 0) is 36.6 Å². The van der Waals surface area contributed by atoms with E-state index in [1.165, 1.54) is 21.8 Å². The Bertz CT molecular complexity index is 870. The number of benzene rings is 2. The van der Waals surface area contributed by atoms with Gasteiger partial charge in [0.25, 0.3) is 5.91 Å². The Labute approximate surface area is 160 Å². The average molecular weight is 386 g/mol. The van der Waals surface area contributed by atoms with Crippen molar-refractivity contribution in [1.82, 2.24) is 5.32 Å². The molecule has 0 spiro atoms. The first-order valence-electron chi connectivity index (χ1n) is 8.24. The molecule has 1 N–H and O–H groups in total. The summed E-state index contributed by atoms with van der Waals surface area (Å²) in [4.78, 5) is 25.6. The summed E-state index contributed by atoms with van der Waals surface area (Å²) in [6.07, 6.45) is 0. The van der Waals surface area contributed by atoms with Gasteiger partial charge in [0.2, 0.25) is 0 Å². The van der Waals surface area contributed by atoms with Crippen LogP contribution in [0.1, 0.15) is 15.2 Å². The number of hydrogen-bond acceptors (Lipinski definition) is 5. The van der Waals surface area contributed by atoms with Gasteiger partial charge in [0.15, 0.2) is 6.61 Å². The number of fused-ring (bicyclic) bond motifs is 1. The van der Waals surface area contributed by atoms with Gasteiger partial charge in [-0.2, -0.15) is 0 Å². The Kier molecular flexibility index (Phi) is 6.30. The van der Waals surface area contributed by atoms with Crippen LogP contribution in [-0.2, 0) is 9.53 Å². The minimum atomic E-state index is -0.463. The second kappa shape index (κ2) is 8.87. The van der Waals surface area contributed by atoms with Crippen molar-refractivity contribution in [3.05, 3.63) is 65.0 Å². The second-order valence-electron chi connectivity index (χ2n) is 5.74. The van der Waals surface area contributed by atoms with E-state index >= 15 is 0 Å². The van der Waals surface area contributed by atoms with Crippen molar-refractivity contribution in [2.45, 2.75) is 11.8 Å². The average Bonchev–Trinajstić information content (AvgIpc) is 3.09. The molecule has 2 aromatic carbocycles. The molecule has 4 nitrogen and oxygen atoms in total. The van der Waals surface area contributed by atoms with Crippen molar-refractivity contribution in [2.24, 2.45) is 0 Å². The molecule has 0 saturated carbocycles. The van der Waals surface area contributed by atoms with Gasteiger partial charge in [-0.3, -0.25) is 4.79 Å². The molecule has 1 amide bonds. The largest absolute Gasteiger partial charge is 0.451 e. The zero-order valence-corrected chi connectivity index (χ0v) is 16.0. The van der Waals surface area contributed by atoms with Gasteiger partial charge in [-0.1, -0.05) is 35.9 Å². The molecule has 0 aliphatic heterocycles. The van der Waals surface area contributed by atoms with Gasteiger partial charge in [0, 0.05) is 21.9 Å². The topological polar surface area (TPSA) is 55.4 Å². The quantitative estimate of drug-likeness (QED) is 0.375. The molecule has 3 rings (SSSR count). The van der Waals surface area contributed by atoms with Crippen LogP contribution in [0.4, 0.5) is 0 Å². The van der Waals surface area contributed by atoms with Gasteiger partial charge in [-0.15, -0.1) is 23.1 Å². The summed E-state index contributed by atoms with van der Waals surface area (Å²) >= 11 is 3.04. The number of aryl methyl sites for hydroxylation is 1. The lowest BCUT2D eigenvalue weighted by Gasteiger charge is -2.06. The van der Waals surface area contributed by atoms with Gasteiger partial charge in [0.1, 0.15) is 4.88 Å². The normalized spacial score (nSPS) is 10.7. The molecule has 0 radical (unpaired) electrons. The fourth-order valence-corrected chi connectivity index (χ4v) is 4.05. The van der Waals surface area contributed by atoms with E-state index in [4.69, 9.17) is 4.74 Å². The standard InChI is InChI=1S/C20H19NO3S2/c1-14-6-8-16(9-7-14)25-11-10-21-19(22)13-24-20(23)18-12-15-4-2-3-5-17(15)26-18/h2-9,12H,10-11,13H2,1H3,(H,21,22). The number of amides is 1. The van der Waals surface area contributed by atoms with Crippen molar-refractivity contribution in [2.75, 3.05) is 18.9 Å². The highest BCUT2D eigenvalue weighted by Gasteiger charge is 2.13. The van der Waals surface area contributed by atoms with E-state index in [-0.39, 0.29) is 12.5 Å². The van der Waals surface area contributed by atoms with Crippen molar-refractivity contribution < 1.29 is 14.3 Å². The molecule has 3 aromatic rings. The Balaban J connectivity index is 1.38. The Hall–Kier alpha value is -2.31. The smallest absolute Gasteiger partial charge is 0.348 e. The maximum absolute atomic E-state index is 12.1. The van der Waals surface area contributed by atoms with E-state index < -0.39 is 5.97 Å². The third-order valence-electron chi connectivity index (χ3n) is 3.68. The number of thiophene rings is 1. The van der Waals surface area contributed by atoms with E-state index in [1.54, 1.807) is 17.8 Å². The van der Waals surface area contributed by atoms with Crippen molar-refractivity contribution in [3.8, 4) is 0 Å². The first kappa shape index (κ1) is 18.5. The van der Waals surface area contributed by atoms with E-state index in [0.29, 0.717) is 11.4 Å². The van der Waals surface area contributed by atoms with E-state index in [1.807, 2.05) is 24.3 Å². The van der Waals surface area contributed by atoms with Crippen molar-refractivity contribution in [1.29, 1.82) is 0 Å². The third kappa shape index (κ3) is 5.09. The number of ether oxygens (including phenoxy) is 1. The van der Waals surface area contributed by atoms with Crippen LogP contribution >= 0.6 is 23.1 Å². The first-order valence-corrected chi connectivity index (χ1v) is 10.0. The summed E-state index contributed by atoms with van der Waals surface area (Å²) in [5, 5.41) is 3.77. The highest BCUT2D eigenvalue weighted by atomic mass is 32.2. The maximum Gasteiger partial charge on any atom is 0.348 e. The molecule has 0 saturated heterocycles. The lowest BCUT2D eigenvalue weighted by molar-refractivity contribution is -0.124. The Morgan fingerprint density at radius 3 is 2.65 bits per heavy atom. The monoisotopic (exact) mass is 385 g/mol. The van der Waals surface area contributed by atoms with Crippen LogP contribution in [0.3, 0.4) is 0 Å². The van der Waals surface area contributed by atoms with Gasteiger partial charge in [0.05, 0.1) is 0 Å². The zero-order chi connectivity index (χ0) is 18.4. The maximum atomic E-state index is 12.1. The molecule has 1 aromatic heterocycles. The lowest BCUT2D eigenvalue weighted by atomic mass is 10.2. The van der Waals surface area contributed by atoms with Crippen LogP contribution in [0.5, 0.6) is 0 Å². The van der Waals surface area contributed by atoms with E-state index in [0.717, 1.165) is 15.8 Å². The lowest BCUT2D eigenvalue weighted by Crippen LogP contribution is -2.30. The highest BCUT2D eigenvalue weighted by molar-refractivity contribution is 7.99. The molecule has 0 unspecified atom stereocenters. The molecule has 26 heavy (non-hydrogen) atoms. The summed E-state index contributed by atoms with van der Waals surface area (Å²) in [5.41, 5.74) is 1.23. The second-order valence-corrected chi connectivity index (χ2v) is 7.99. The van der Waals surface area contributed by atoms with E-state index in [2.05, 4.69) is 36.5 Å². The number of rotatable bonds is 7. The predicted molar refractivity (Wildman–Crippen MR) is 107 cm³/mol. The highest BCUT2D eigenvalue weighted by Crippen LogP contribution is 2.25. The molecule has 0 aliphatic rings. The molecule has 0 bridgehead atoms. The summed E-state index contributed by atoms with van der Waals surface area (Å²) in [5.74, 6) is 0.0124. The number of thioether (sulfide) groups is 1. The molecular formula is C20H19NO3S2. The molecule has 6 heteroatoms. The minimum absolute atomic E-state index is 0.262. The van der Waals surface area contributed by atoms with Gasteiger partial charge < -0.3 is 10.1 Å². The Morgan fingerprint density at radius 2 is 1.88 bits per heavy atom. The Morgan fingerprint density at radius 1 is 1.12 bits per heavy atom. The number of carbonyl (C=O) groups excluding carboxylic acids is 2. The van der Waals surface area contributed by atoms with Gasteiger partial charge in [-0.25, -0.2) is 4.79 Å². The minimum Gasteiger partial charge on any atom is -0.451 e. The van der Waals surface area contributed by atoms with Crippen LogP contribution < -0.4 is 5.32 Å². The van der Waals surface area contributed by atoms with E-state index in [9.17, 15) is 9.59 Å². The first-order chi connectivity index (χ1) is 12.6. The number of nitrogens with one attached hydrogen (secondary N) is 1. The van der Waals surface area contributed by atoms with Crippen LogP contribution in [0.15, 0.2) is 59.5 Å². The van der Waals surface area contributed by atoms with Crippen LogP contribution in [-0.4, -0.2) is 30.8 Å². The zero-order valence-electron chi connectivity index (χ0n) is 14.4. The summed E-state index contributed by atoms with van der Waals surface area (Å²) < 4.78 is 6.13. The van der Waals surface area contributed by atoms with Crippen LogP contribution in [0.25, 0.3) is 10.1 Å². The SMILES string of the molecule is Cc1ccc(SCCNC(=O)COC(=O)c2cc3ccccc3s2)cc1. The molecule has 0 atom stereocenters. The summed E-state index contributed by atoms with van der Waals surface area (Å²) in [7, 11) is 0. The number of hydrogen-bond donors (Lipinski definition) is 1. The number of carbonyl (C=O) groups is 2. The summed E-state index contributed by atoms with van der Waals surface area (Å²) in [6.45, 7) is 2.31. The van der Waals surface area contributed by atoms with Crippen molar-refractivity contribution in [3.63, 3.8) is 0 Å². The molecular weight excluding hydrogens is 366 g/mol. The molecule has 134 valence electrons. The van der Waals surface area contributed by atoms with Crippen LogP contribution in [0.2, 0.25) is 0 Å². The van der Waals surface area contributed by atoms with Crippen molar-refractivity contribution >= 4 is 45.1 Å². The molecule has 0 aliphatic carbocycles. The fourth-order valence-electron chi connectivity index (χ4n) is 2.33. The third-order valence-corrected chi connectivity index (χ3v) is 5.78. The fraction of sp³-hybridized carbons (Fsp3) is 0.200. The molecule has 0 fully saturated rings. The number of esters is 1. The van der Waals surface area contributed by atoms with Gasteiger partial charge >= 0.3 is 5.97 Å². The predicted octanol–water partition coefficient (Wildman–Crippen LogP) is 4.28. The molecule has 1 heterocycles. The summed E-state index contributed by atoms with van der Waals surface area (Å²) in [6, 6.07) is 17.8. The van der Waals surface area contributed by atoms with Crippen LogP contribution in [0, 0.1) is 6.92 Å².